The first-order valence-corrected chi connectivity index (χ1v) is 9.50. The predicted molar refractivity (Wildman–Crippen MR) is 108 cm³/mol. The first kappa shape index (κ1) is 16.4. The number of fused-ring (bicyclic) bond motifs is 2. The van der Waals surface area contributed by atoms with Gasteiger partial charge in [0, 0.05) is 49.2 Å². The van der Waals surface area contributed by atoms with Gasteiger partial charge in [-0.15, -0.1) is 0 Å². The number of para-hydroxylation sites is 1. The van der Waals surface area contributed by atoms with Crippen LogP contribution in [0.15, 0.2) is 48.7 Å². The number of aryl methyl sites for hydroxylation is 1. The lowest BCUT2D eigenvalue weighted by Gasteiger charge is -2.15. The Hall–Kier alpha value is -2.79. The maximum atomic E-state index is 5.32. The van der Waals surface area contributed by atoms with E-state index in [4.69, 9.17) is 9.72 Å². The molecular formula is C22H24N4O. The number of hydrogen-bond acceptors (Lipinski definition) is 3. The average molecular weight is 360 g/mol. The summed E-state index contributed by atoms with van der Waals surface area (Å²) in [5, 5.41) is 1.36. The van der Waals surface area contributed by atoms with Gasteiger partial charge in [0.2, 0.25) is 0 Å². The van der Waals surface area contributed by atoms with Gasteiger partial charge < -0.3 is 14.3 Å². The maximum absolute atomic E-state index is 5.32. The van der Waals surface area contributed by atoms with Gasteiger partial charge in [-0.3, -0.25) is 4.90 Å². The number of aromatic amines is 1. The van der Waals surface area contributed by atoms with Gasteiger partial charge in [-0.25, -0.2) is 4.98 Å². The maximum Gasteiger partial charge on any atom is 0.121 e. The van der Waals surface area contributed by atoms with Gasteiger partial charge >= 0.3 is 0 Å². The molecule has 2 aromatic heterocycles. The van der Waals surface area contributed by atoms with Crippen molar-refractivity contribution < 1.29 is 4.74 Å². The summed E-state index contributed by atoms with van der Waals surface area (Å²) in [6.45, 7) is 3.14. The summed E-state index contributed by atoms with van der Waals surface area (Å²) in [6.07, 6.45) is 3.41. The van der Waals surface area contributed by atoms with Crippen LogP contribution in [-0.4, -0.2) is 39.6 Å². The fourth-order valence-corrected chi connectivity index (χ4v) is 4.32. The molecule has 2 aromatic carbocycles. The predicted octanol–water partition coefficient (Wildman–Crippen LogP) is 4.05. The number of hydrogen-bond donors (Lipinski definition) is 1. The largest absolute Gasteiger partial charge is 0.497 e. The lowest BCUT2D eigenvalue weighted by molar-refractivity contribution is 0.327. The zero-order valence-electron chi connectivity index (χ0n) is 15.8. The Morgan fingerprint density at radius 1 is 1.22 bits per heavy atom. The molecule has 1 N–H and O–H groups in total. The molecule has 5 rings (SSSR count). The number of rotatable bonds is 4. The van der Waals surface area contributed by atoms with Crippen LogP contribution in [0.25, 0.3) is 21.9 Å². The summed E-state index contributed by atoms with van der Waals surface area (Å²) in [6, 6.07) is 14.7. The number of imidazole rings is 1. The number of nitrogens with zero attached hydrogens (tertiary/aromatic N) is 3. The second-order valence-electron chi connectivity index (χ2n) is 7.51. The Bertz CT molecular complexity index is 1110. The molecular weight excluding hydrogens is 336 g/mol. The van der Waals surface area contributed by atoms with E-state index in [1.165, 1.54) is 16.5 Å². The van der Waals surface area contributed by atoms with Crippen LogP contribution >= 0.6 is 0 Å². The zero-order valence-corrected chi connectivity index (χ0v) is 15.8. The molecule has 0 bridgehead atoms. The third-order valence-electron chi connectivity index (χ3n) is 5.74. The van der Waals surface area contributed by atoms with Crippen LogP contribution in [0.5, 0.6) is 5.75 Å². The van der Waals surface area contributed by atoms with Crippen molar-refractivity contribution in [2.24, 2.45) is 7.05 Å². The molecule has 1 aliphatic rings. The Morgan fingerprint density at radius 3 is 3.00 bits per heavy atom. The van der Waals surface area contributed by atoms with Crippen molar-refractivity contribution in [1.29, 1.82) is 0 Å². The molecule has 1 atom stereocenters. The van der Waals surface area contributed by atoms with Crippen LogP contribution in [-0.2, 0) is 13.6 Å². The van der Waals surface area contributed by atoms with E-state index in [1.807, 2.05) is 18.2 Å². The Balaban J connectivity index is 1.35. The molecule has 0 aliphatic carbocycles. The summed E-state index contributed by atoms with van der Waals surface area (Å²) in [5.41, 5.74) is 4.77. The molecule has 138 valence electrons. The van der Waals surface area contributed by atoms with Gasteiger partial charge in [0.15, 0.2) is 0 Å². The Morgan fingerprint density at radius 2 is 2.11 bits per heavy atom. The monoisotopic (exact) mass is 360 g/mol. The minimum atomic E-state index is 0.457. The molecule has 0 unspecified atom stereocenters. The number of H-pyrrole nitrogens is 1. The molecule has 0 radical (unpaired) electrons. The highest BCUT2D eigenvalue weighted by Crippen LogP contribution is 2.30. The minimum absolute atomic E-state index is 0.457. The van der Waals surface area contributed by atoms with E-state index in [9.17, 15) is 0 Å². The van der Waals surface area contributed by atoms with E-state index >= 15 is 0 Å². The standard InChI is InChI=1S/C22H24N4O/c1-25-12-16(18-5-3-4-6-21(18)25)14-26-10-9-15(13-26)22-23-19-8-7-17(27-2)11-20(19)24-22/h3-8,11-12,15H,9-10,13-14H2,1-2H3,(H,23,24)/t15-/m0/s1. The fourth-order valence-electron chi connectivity index (χ4n) is 4.32. The van der Waals surface area contributed by atoms with Crippen molar-refractivity contribution in [2.75, 3.05) is 20.2 Å². The van der Waals surface area contributed by atoms with E-state index in [0.29, 0.717) is 5.92 Å². The van der Waals surface area contributed by atoms with Gasteiger partial charge in [-0.05, 0) is 36.7 Å². The van der Waals surface area contributed by atoms with E-state index in [0.717, 1.165) is 48.7 Å². The van der Waals surface area contributed by atoms with Gasteiger partial charge in [0.05, 0.1) is 18.1 Å². The molecule has 1 aliphatic heterocycles. The third-order valence-corrected chi connectivity index (χ3v) is 5.74. The number of likely N-dealkylation sites (tertiary alicyclic amines) is 1. The van der Waals surface area contributed by atoms with Crippen LogP contribution in [0.1, 0.15) is 23.7 Å². The topological polar surface area (TPSA) is 46.1 Å². The van der Waals surface area contributed by atoms with Gasteiger partial charge in [0.1, 0.15) is 11.6 Å². The van der Waals surface area contributed by atoms with Crippen molar-refractivity contribution in [3.63, 3.8) is 0 Å². The minimum Gasteiger partial charge on any atom is -0.497 e. The van der Waals surface area contributed by atoms with Crippen molar-refractivity contribution in [3.05, 3.63) is 60.0 Å². The summed E-state index contributed by atoms with van der Waals surface area (Å²) in [4.78, 5) is 10.9. The summed E-state index contributed by atoms with van der Waals surface area (Å²) < 4.78 is 7.55. The highest BCUT2D eigenvalue weighted by atomic mass is 16.5. The van der Waals surface area contributed by atoms with E-state index in [-0.39, 0.29) is 0 Å². The van der Waals surface area contributed by atoms with Crippen LogP contribution in [0.4, 0.5) is 0 Å². The first-order chi connectivity index (χ1) is 13.2. The van der Waals surface area contributed by atoms with Crippen molar-refractivity contribution in [2.45, 2.75) is 18.9 Å². The SMILES string of the molecule is COc1ccc2nc([C@H]3CCN(Cc4cn(C)c5ccccc45)C3)[nH]c2c1. The van der Waals surface area contributed by atoms with Crippen LogP contribution < -0.4 is 4.74 Å². The van der Waals surface area contributed by atoms with Crippen LogP contribution in [0, 0.1) is 0 Å². The molecule has 0 spiro atoms. The number of aromatic nitrogens is 3. The van der Waals surface area contributed by atoms with Crippen molar-refractivity contribution in [1.82, 2.24) is 19.4 Å². The molecule has 5 nitrogen and oxygen atoms in total. The molecule has 0 saturated carbocycles. The van der Waals surface area contributed by atoms with E-state index in [1.54, 1.807) is 7.11 Å². The lowest BCUT2D eigenvalue weighted by atomic mass is 10.1. The summed E-state index contributed by atoms with van der Waals surface area (Å²) in [7, 11) is 3.82. The molecule has 4 aromatic rings. The van der Waals surface area contributed by atoms with E-state index < -0.39 is 0 Å². The van der Waals surface area contributed by atoms with Crippen molar-refractivity contribution in [3.8, 4) is 5.75 Å². The molecule has 1 saturated heterocycles. The van der Waals surface area contributed by atoms with Gasteiger partial charge in [0.25, 0.3) is 0 Å². The van der Waals surface area contributed by atoms with Crippen LogP contribution in [0.2, 0.25) is 0 Å². The zero-order chi connectivity index (χ0) is 18.4. The molecule has 27 heavy (non-hydrogen) atoms. The molecule has 1 fully saturated rings. The number of benzene rings is 2. The summed E-state index contributed by atoms with van der Waals surface area (Å²) >= 11 is 0. The first-order valence-electron chi connectivity index (χ1n) is 9.50. The fraction of sp³-hybridized carbons (Fsp3) is 0.318. The van der Waals surface area contributed by atoms with Crippen molar-refractivity contribution >= 4 is 21.9 Å². The second-order valence-corrected chi connectivity index (χ2v) is 7.51. The second kappa shape index (κ2) is 6.43. The quantitative estimate of drug-likeness (QED) is 0.597. The number of ether oxygens (including phenoxy) is 1. The van der Waals surface area contributed by atoms with Gasteiger partial charge in [-0.2, -0.15) is 0 Å². The van der Waals surface area contributed by atoms with E-state index in [2.05, 4.69) is 52.0 Å². The molecule has 3 heterocycles. The number of nitrogens with one attached hydrogen (secondary N) is 1. The average Bonchev–Trinajstić information content (AvgIpc) is 3.39. The normalized spacial score (nSPS) is 17.9. The lowest BCUT2D eigenvalue weighted by Crippen LogP contribution is -2.19. The smallest absolute Gasteiger partial charge is 0.121 e. The van der Waals surface area contributed by atoms with Gasteiger partial charge in [-0.1, -0.05) is 18.2 Å². The molecule has 0 amide bonds. The Labute approximate surface area is 158 Å². The summed E-state index contributed by atoms with van der Waals surface area (Å²) in [5.74, 6) is 2.42. The molecule has 5 heteroatoms. The Kier molecular flexibility index (Phi) is 3.90. The highest BCUT2D eigenvalue weighted by Gasteiger charge is 2.27. The number of methoxy groups -OCH3 is 1. The van der Waals surface area contributed by atoms with Crippen LogP contribution in [0.3, 0.4) is 0 Å². The highest BCUT2D eigenvalue weighted by molar-refractivity contribution is 5.83. The third kappa shape index (κ3) is 2.88.